The molecule has 0 saturated carbocycles. The van der Waals surface area contributed by atoms with Gasteiger partial charge >= 0.3 is 0 Å². The molecule has 7 nitrogen and oxygen atoms in total. The summed E-state index contributed by atoms with van der Waals surface area (Å²) in [6.07, 6.45) is -4.35. The van der Waals surface area contributed by atoms with Crippen LogP contribution in [0.5, 0.6) is 0 Å². The third-order valence-electron chi connectivity index (χ3n) is 2.48. The Morgan fingerprint density at radius 1 is 1.44 bits per heavy atom. The van der Waals surface area contributed by atoms with E-state index in [2.05, 4.69) is 5.32 Å². The maximum Gasteiger partial charge on any atom is 0.217 e. The summed E-state index contributed by atoms with van der Waals surface area (Å²) >= 11 is 0. The van der Waals surface area contributed by atoms with Gasteiger partial charge in [-0.1, -0.05) is 0 Å². The van der Waals surface area contributed by atoms with Crippen LogP contribution < -0.4 is 5.32 Å². The fourth-order valence-corrected chi connectivity index (χ4v) is 1.67. The monoisotopic (exact) mass is 239 g/mol. The van der Waals surface area contributed by atoms with Crippen LogP contribution >= 0.6 is 0 Å². The van der Waals surface area contributed by atoms with Crippen LogP contribution in [-0.4, -0.2) is 65.6 Å². The first kappa shape index (κ1) is 13.3. The van der Waals surface area contributed by atoms with Crippen molar-refractivity contribution in [3.05, 3.63) is 0 Å². The van der Waals surface area contributed by atoms with Gasteiger partial charge < -0.3 is 30.1 Å². The lowest BCUT2D eigenvalue weighted by Gasteiger charge is -2.41. The van der Waals surface area contributed by atoms with Crippen molar-refractivity contribution in [3.8, 4) is 0 Å². The van der Waals surface area contributed by atoms with Crippen LogP contribution in [0.3, 0.4) is 0 Å². The van der Waals surface area contributed by atoms with Gasteiger partial charge in [-0.15, -0.1) is 0 Å². The molecule has 0 bridgehead atoms. The highest BCUT2D eigenvalue weighted by atomic mass is 16.8. The Morgan fingerprint density at radius 3 is 2.50 bits per heavy atom. The van der Waals surface area contributed by atoms with Gasteiger partial charge in [-0.2, -0.15) is 0 Å². The van der Waals surface area contributed by atoms with Crippen molar-refractivity contribution < 1.29 is 29.6 Å². The molecule has 0 aromatic heterocycles. The minimum absolute atomic E-state index is 0.371. The lowest BCUT2D eigenvalue weighted by Crippen LogP contribution is -2.64. The van der Waals surface area contributed by atoms with Crippen LogP contribution in [0.25, 0.3) is 0 Å². The molecular formula is C9H17NO6. The second-order valence-electron chi connectivity index (χ2n) is 3.67. The minimum Gasteiger partial charge on any atom is -0.394 e. The molecule has 1 saturated heterocycles. The normalized spacial score (nSPS) is 39.4. The van der Waals surface area contributed by atoms with Crippen molar-refractivity contribution in [2.45, 2.75) is 37.6 Å². The fourth-order valence-electron chi connectivity index (χ4n) is 1.67. The lowest BCUT2D eigenvalue weighted by molar-refractivity contribution is -0.262. The first-order valence-electron chi connectivity index (χ1n) is 4.93. The molecule has 0 radical (unpaired) electrons. The van der Waals surface area contributed by atoms with Crippen LogP contribution in [0, 0.1) is 0 Å². The van der Waals surface area contributed by atoms with Gasteiger partial charge in [-0.05, 0) is 0 Å². The van der Waals surface area contributed by atoms with E-state index in [0.29, 0.717) is 0 Å². The van der Waals surface area contributed by atoms with Gasteiger partial charge in [-0.3, -0.25) is 4.79 Å². The molecule has 0 aliphatic carbocycles. The Kier molecular flexibility index (Phi) is 4.63. The average molecular weight is 239 g/mol. The van der Waals surface area contributed by atoms with Gasteiger partial charge in [0.05, 0.1) is 6.61 Å². The van der Waals surface area contributed by atoms with Crippen molar-refractivity contribution >= 4 is 5.91 Å². The first-order chi connectivity index (χ1) is 7.51. The molecule has 7 heteroatoms. The second-order valence-corrected chi connectivity index (χ2v) is 3.67. The molecule has 0 spiro atoms. The predicted molar refractivity (Wildman–Crippen MR) is 52.4 cm³/mol. The smallest absolute Gasteiger partial charge is 0.217 e. The van der Waals surface area contributed by atoms with Crippen LogP contribution in [0.1, 0.15) is 6.92 Å². The summed E-state index contributed by atoms with van der Waals surface area (Å²) in [6.45, 7) is 0.842. The molecule has 16 heavy (non-hydrogen) atoms. The summed E-state index contributed by atoms with van der Waals surface area (Å²) in [7, 11) is 1.35. The maximum atomic E-state index is 10.9. The summed E-state index contributed by atoms with van der Waals surface area (Å²) in [5.41, 5.74) is 0. The highest BCUT2D eigenvalue weighted by Gasteiger charge is 2.44. The average Bonchev–Trinajstić information content (AvgIpc) is 2.25. The summed E-state index contributed by atoms with van der Waals surface area (Å²) in [4.78, 5) is 10.9. The maximum absolute atomic E-state index is 10.9. The van der Waals surface area contributed by atoms with Gasteiger partial charge in [-0.25, -0.2) is 0 Å². The third kappa shape index (κ3) is 2.69. The van der Waals surface area contributed by atoms with E-state index in [9.17, 15) is 15.0 Å². The molecule has 0 aromatic rings. The number of hydrogen-bond acceptors (Lipinski definition) is 6. The van der Waals surface area contributed by atoms with Crippen LogP contribution in [0.15, 0.2) is 0 Å². The first-order valence-corrected chi connectivity index (χ1v) is 4.93. The number of carbonyl (C=O) groups is 1. The molecule has 5 atom stereocenters. The van der Waals surface area contributed by atoms with Gasteiger partial charge in [0.2, 0.25) is 5.91 Å². The predicted octanol–water partition coefficient (Wildman–Crippen LogP) is -2.42. The molecular weight excluding hydrogens is 222 g/mol. The SMILES string of the molecule is CO[13C@H]1O[C@H](CO)[C@H](O)[C@H](O)[C@@H]1[15NH][13C]([13CH3])=O. The van der Waals surface area contributed by atoms with E-state index in [-0.39, 0.29) is 5.91 Å². The standard InChI is InChI=1S/C9H17NO6/c1-4(12)10-6-8(14)7(13)5(3-11)16-9(6)15-2/h5-9,11,13-14H,3H2,1-2H3,(H,10,12)/t5-,6+,7+,8-,9+/m1/s1/i1+1,4+1,9+1,10+1. The third-order valence-corrected chi connectivity index (χ3v) is 2.48. The molecule has 1 aliphatic rings. The number of nitrogens with one attached hydrogen (secondary N) is 1. The van der Waals surface area contributed by atoms with E-state index >= 15 is 0 Å². The van der Waals surface area contributed by atoms with Gasteiger partial charge in [0.1, 0.15) is 24.4 Å². The minimum atomic E-state index is -1.27. The van der Waals surface area contributed by atoms with Crippen LogP contribution in [0.2, 0.25) is 0 Å². The molecule has 1 rings (SSSR count). The number of carbonyl (C=O) groups excluding carboxylic acids is 1. The number of aliphatic hydroxyl groups excluding tert-OH is 3. The largest absolute Gasteiger partial charge is 0.394 e. The Hall–Kier alpha value is -0.730. The molecule has 1 amide bonds. The Balaban J connectivity index is 2.77. The van der Waals surface area contributed by atoms with Crippen molar-refractivity contribution in [2.75, 3.05) is 13.7 Å². The number of rotatable bonds is 3. The molecule has 1 fully saturated rings. The van der Waals surface area contributed by atoms with E-state index in [1.54, 1.807) is 0 Å². The molecule has 0 aromatic carbocycles. The molecule has 0 unspecified atom stereocenters. The number of hydrogen-bond donors (Lipinski definition) is 4. The molecule has 1 aliphatic heterocycles. The number of aliphatic hydroxyl groups is 3. The van der Waals surface area contributed by atoms with Gasteiger partial charge in [0.25, 0.3) is 0 Å². The number of methoxy groups -OCH3 is 1. The highest BCUT2D eigenvalue weighted by molar-refractivity contribution is 5.73. The van der Waals surface area contributed by atoms with Gasteiger partial charge in [0, 0.05) is 14.0 Å². The van der Waals surface area contributed by atoms with Crippen LogP contribution in [-0.2, 0) is 14.3 Å². The summed E-state index contributed by atoms with van der Waals surface area (Å²) in [6, 6.07) is -0.861. The molecule has 1 heterocycles. The van der Waals surface area contributed by atoms with E-state index in [4.69, 9.17) is 14.6 Å². The molecule has 94 valence electrons. The van der Waals surface area contributed by atoms with Crippen molar-refractivity contribution in [3.63, 3.8) is 0 Å². The Bertz CT molecular complexity index is 246. The summed E-state index contributed by atoms with van der Waals surface area (Å²) in [5, 5.41) is 30.7. The fraction of sp³-hybridized carbons (Fsp3) is 0.889. The lowest BCUT2D eigenvalue weighted by atomic mass is 10.0. The van der Waals surface area contributed by atoms with Crippen molar-refractivity contribution in [2.24, 2.45) is 0 Å². The van der Waals surface area contributed by atoms with E-state index in [1.807, 2.05) is 0 Å². The summed E-state index contributed by atoms with van der Waals surface area (Å²) in [5.74, 6) is -0.371. The van der Waals surface area contributed by atoms with E-state index < -0.39 is 37.3 Å². The molecule has 4 N–H and O–H groups in total. The second kappa shape index (κ2) is 5.55. The summed E-state index contributed by atoms with van der Waals surface area (Å²) < 4.78 is 10.1. The zero-order valence-electron chi connectivity index (χ0n) is 9.16. The van der Waals surface area contributed by atoms with Crippen molar-refractivity contribution in [1.82, 2.24) is 5.32 Å². The zero-order valence-corrected chi connectivity index (χ0v) is 9.16. The topological polar surface area (TPSA) is 108 Å². The number of amides is 1. The highest BCUT2D eigenvalue weighted by Crippen LogP contribution is 2.21. The quantitative estimate of drug-likeness (QED) is 0.322. The Labute approximate surface area is 93.0 Å². The Morgan fingerprint density at radius 2 is 2.06 bits per heavy atom. The van der Waals surface area contributed by atoms with E-state index in [0.717, 1.165) is 0 Å². The zero-order chi connectivity index (χ0) is 12.3. The van der Waals surface area contributed by atoms with Crippen LogP contribution in [0.4, 0.5) is 0 Å². The van der Waals surface area contributed by atoms with E-state index in [1.165, 1.54) is 14.0 Å². The van der Waals surface area contributed by atoms with Crippen molar-refractivity contribution in [1.29, 1.82) is 0 Å². The van der Waals surface area contributed by atoms with Gasteiger partial charge in [0.15, 0.2) is 6.29 Å². The number of ether oxygens (including phenoxy) is 2.